The molecule has 0 bridgehead atoms. The average molecular weight is 274 g/mol. The van der Waals surface area contributed by atoms with Crippen LogP contribution in [0.5, 0.6) is 0 Å². The molecular formula is C15H18N2O3. The average Bonchev–Trinajstić information content (AvgIpc) is 2.87. The number of ether oxygens (including phenoxy) is 1. The molecular weight excluding hydrogens is 256 g/mol. The summed E-state index contributed by atoms with van der Waals surface area (Å²) in [6.45, 7) is 2.17. The Labute approximate surface area is 117 Å². The number of piperidine rings is 1. The Morgan fingerprint density at radius 2 is 2.15 bits per heavy atom. The molecule has 2 unspecified atom stereocenters. The van der Waals surface area contributed by atoms with E-state index in [0.29, 0.717) is 26.2 Å². The second kappa shape index (κ2) is 5.53. The molecule has 0 aromatic heterocycles. The predicted molar refractivity (Wildman–Crippen MR) is 72.8 cm³/mol. The van der Waals surface area contributed by atoms with Gasteiger partial charge in [-0.2, -0.15) is 0 Å². The number of nitrogens with zero attached hydrogens (tertiary/aromatic N) is 1. The van der Waals surface area contributed by atoms with E-state index in [1.54, 1.807) is 4.90 Å². The zero-order chi connectivity index (χ0) is 13.9. The van der Waals surface area contributed by atoms with Crippen LogP contribution in [0.2, 0.25) is 0 Å². The topological polar surface area (TPSA) is 58.6 Å². The van der Waals surface area contributed by atoms with Crippen LogP contribution in [0.25, 0.3) is 0 Å². The normalized spacial score (nSPS) is 25.0. The van der Waals surface area contributed by atoms with E-state index >= 15 is 0 Å². The van der Waals surface area contributed by atoms with Crippen LogP contribution in [-0.2, 0) is 16.1 Å². The Bertz CT molecular complexity index is 503. The summed E-state index contributed by atoms with van der Waals surface area (Å²) in [6.07, 6.45) is 0.448. The van der Waals surface area contributed by atoms with E-state index < -0.39 is 0 Å². The summed E-state index contributed by atoms with van der Waals surface area (Å²) in [6, 6.07) is 9.63. The molecule has 1 aromatic rings. The second-order valence-corrected chi connectivity index (χ2v) is 5.39. The van der Waals surface area contributed by atoms with E-state index in [2.05, 4.69) is 5.32 Å². The van der Waals surface area contributed by atoms with Crippen molar-refractivity contribution in [1.82, 2.24) is 10.2 Å². The van der Waals surface area contributed by atoms with Crippen molar-refractivity contribution in [2.45, 2.75) is 13.0 Å². The molecule has 2 saturated heterocycles. The van der Waals surface area contributed by atoms with Gasteiger partial charge >= 0.3 is 6.09 Å². The lowest BCUT2D eigenvalue weighted by Crippen LogP contribution is -2.44. The van der Waals surface area contributed by atoms with Crippen LogP contribution in [0.1, 0.15) is 12.0 Å². The number of hydrogen-bond acceptors (Lipinski definition) is 3. The number of nitrogens with one attached hydrogen (secondary N) is 1. The minimum absolute atomic E-state index is 0.0770. The highest BCUT2D eigenvalue weighted by Crippen LogP contribution is 2.27. The summed E-state index contributed by atoms with van der Waals surface area (Å²) in [5, 5.41) is 2.86. The first kappa shape index (κ1) is 13.0. The lowest BCUT2D eigenvalue weighted by Gasteiger charge is -2.32. The van der Waals surface area contributed by atoms with Gasteiger partial charge in [0.05, 0.1) is 0 Å². The number of benzene rings is 1. The first-order valence-corrected chi connectivity index (χ1v) is 6.97. The molecule has 2 aliphatic heterocycles. The molecule has 2 heterocycles. The monoisotopic (exact) mass is 274 g/mol. The molecule has 106 valence electrons. The number of hydrogen-bond donors (Lipinski definition) is 1. The van der Waals surface area contributed by atoms with Crippen molar-refractivity contribution in [3.63, 3.8) is 0 Å². The highest BCUT2D eigenvalue weighted by molar-refractivity contribution is 5.81. The molecule has 2 fully saturated rings. The van der Waals surface area contributed by atoms with Crippen molar-refractivity contribution >= 4 is 12.0 Å². The highest BCUT2D eigenvalue weighted by Gasteiger charge is 2.40. The fourth-order valence-corrected chi connectivity index (χ4v) is 2.92. The van der Waals surface area contributed by atoms with Gasteiger partial charge < -0.3 is 15.0 Å². The summed E-state index contributed by atoms with van der Waals surface area (Å²) >= 11 is 0. The molecule has 0 radical (unpaired) electrons. The molecule has 0 spiro atoms. The number of likely N-dealkylation sites (tertiary alicyclic amines) is 1. The van der Waals surface area contributed by atoms with Gasteiger partial charge in [0.1, 0.15) is 6.61 Å². The predicted octanol–water partition coefficient (Wildman–Crippen LogP) is 1.39. The van der Waals surface area contributed by atoms with Crippen LogP contribution >= 0.6 is 0 Å². The van der Waals surface area contributed by atoms with E-state index in [9.17, 15) is 9.59 Å². The first-order valence-electron chi connectivity index (χ1n) is 6.97. The number of fused-ring (bicyclic) bond motifs is 1. The third-order valence-electron chi connectivity index (χ3n) is 4.07. The molecule has 0 aliphatic carbocycles. The summed E-state index contributed by atoms with van der Waals surface area (Å²) in [5.74, 6) is 0.445. The molecule has 3 rings (SSSR count). The Morgan fingerprint density at radius 3 is 2.95 bits per heavy atom. The van der Waals surface area contributed by atoms with Gasteiger partial charge in [-0.05, 0) is 12.0 Å². The van der Waals surface area contributed by atoms with Crippen molar-refractivity contribution in [1.29, 1.82) is 0 Å². The van der Waals surface area contributed by atoms with Crippen molar-refractivity contribution in [2.75, 3.05) is 19.6 Å². The molecule has 2 aliphatic rings. The van der Waals surface area contributed by atoms with Gasteiger partial charge in [0.25, 0.3) is 0 Å². The number of carbonyl (C=O) groups is 2. The van der Waals surface area contributed by atoms with Gasteiger partial charge in [-0.25, -0.2) is 4.79 Å². The Kier molecular flexibility index (Phi) is 3.58. The zero-order valence-electron chi connectivity index (χ0n) is 11.2. The van der Waals surface area contributed by atoms with E-state index in [4.69, 9.17) is 4.74 Å². The van der Waals surface area contributed by atoms with Gasteiger partial charge in [0, 0.05) is 31.5 Å². The largest absolute Gasteiger partial charge is 0.445 e. The summed E-state index contributed by atoms with van der Waals surface area (Å²) in [7, 11) is 0. The molecule has 0 saturated carbocycles. The highest BCUT2D eigenvalue weighted by atomic mass is 16.6. The molecule has 5 nitrogen and oxygen atoms in total. The van der Waals surface area contributed by atoms with Crippen LogP contribution in [0.15, 0.2) is 30.3 Å². The molecule has 2 amide bonds. The van der Waals surface area contributed by atoms with E-state index in [1.165, 1.54) is 0 Å². The first-order chi connectivity index (χ1) is 9.74. The van der Waals surface area contributed by atoms with Crippen molar-refractivity contribution in [3.05, 3.63) is 35.9 Å². The Morgan fingerprint density at radius 1 is 1.35 bits per heavy atom. The van der Waals surface area contributed by atoms with Crippen molar-refractivity contribution < 1.29 is 14.3 Å². The summed E-state index contributed by atoms with van der Waals surface area (Å²) < 4.78 is 5.32. The Hall–Kier alpha value is -2.04. The van der Waals surface area contributed by atoms with E-state index in [-0.39, 0.29) is 23.8 Å². The van der Waals surface area contributed by atoms with Gasteiger partial charge in [-0.15, -0.1) is 0 Å². The van der Waals surface area contributed by atoms with E-state index in [0.717, 1.165) is 12.0 Å². The van der Waals surface area contributed by atoms with Gasteiger partial charge in [-0.1, -0.05) is 30.3 Å². The maximum Gasteiger partial charge on any atom is 0.410 e. The lowest BCUT2D eigenvalue weighted by molar-refractivity contribution is -0.123. The molecule has 2 atom stereocenters. The van der Waals surface area contributed by atoms with Crippen LogP contribution in [0.3, 0.4) is 0 Å². The third-order valence-corrected chi connectivity index (χ3v) is 4.07. The SMILES string of the molecule is O=C1NCC2CN(C(=O)OCc3ccccc3)CCC12. The van der Waals surface area contributed by atoms with Crippen LogP contribution < -0.4 is 5.32 Å². The molecule has 20 heavy (non-hydrogen) atoms. The lowest BCUT2D eigenvalue weighted by atomic mass is 9.88. The standard InChI is InChI=1S/C15H18N2O3/c18-14-13-6-7-17(9-12(13)8-16-14)15(19)20-10-11-4-2-1-3-5-11/h1-5,12-13H,6-10H2,(H,16,18). The number of amides is 2. The number of rotatable bonds is 2. The Balaban J connectivity index is 1.52. The molecule has 5 heteroatoms. The van der Waals surface area contributed by atoms with Crippen molar-refractivity contribution in [3.8, 4) is 0 Å². The zero-order valence-corrected chi connectivity index (χ0v) is 11.2. The third kappa shape index (κ3) is 2.61. The maximum atomic E-state index is 12.0. The van der Waals surface area contributed by atoms with Gasteiger partial charge in [-0.3, -0.25) is 4.79 Å². The molecule has 1 N–H and O–H groups in total. The minimum atomic E-state index is -0.286. The molecule has 1 aromatic carbocycles. The minimum Gasteiger partial charge on any atom is -0.445 e. The van der Waals surface area contributed by atoms with E-state index in [1.807, 2.05) is 30.3 Å². The van der Waals surface area contributed by atoms with Crippen LogP contribution in [0, 0.1) is 11.8 Å². The quantitative estimate of drug-likeness (QED) is 0.886. The number of carbonyl (C=O) groups excluding carboxylic acids is 2. The van der Waals surface area contributed by atoms with Crippen molar-refractivity contribution in [2.24, 2.45) is 11.8 Å². The van der Waals surface area contributed by atoms with Crippen LogP contribution in [0.4, 0.5) is 4.79 Å². The van der Waals surface area contributed by atoms with Gasteiger partial charge in [0.15, 0.2) is 0 Å². The fraction of sp³-hybridized carbons (Fsp3) is 0.467. The smallest absolute Gasteiger partial charge is 0.410 e. The maximum absolute atomic E-state index is 12.0. The second-order valence-electron chi connectivity index (χ2n) is 5.39. The van der Waals surface area contributed by atoms with Gasteiger partial charge in [0.2, 0.25) is 5.91 Å². The summed E-state index contributed by atoms with van der Waals surface area (Å²) in [4.78, 5) is 25.3. The van der Waals surface area contributed by atoms with Crippen LogP contribution in [-0.4, -0.2) is 36.5 Å². The summed E-state index contributed by atoms with van der Waals surface area (Å²) in [5.41, 5.74) is 0.980. The fourth-order valence-electron chi connectivity index (χ4n) is 2.92.